The van der Waals surface area contributed by atoms with Gasteiger partial charge in [-0.15, -0.1) is 16.8 Å². The lowest BCUT2D eigenvalue weighted by atomic mass is 10.3. The first-order chi connectivity index (χ1) is 12.0. The molecule has 1 heterocycles. The summed E-state index contributed by atoms with van der Waals surface area (Å²) in [6.45, 7) is 6.11. The fourth-order valence-electron chi connectivity index (χ4n) is 2.37. The van der Waals surface area contributed by atoms with E-state index in [0.29, 0.717) is 17.6 Å². The van der Waals surface area contributed by atoms with Crippen molar-refractivity contribution in [3.63, 3.8) is 0 Å². The van der Waals surface area contributed by atoms with Crippen molar-refractivity contribution in [2.45, 2.75) is 42.6 Å². The molecule has 1 aliphatic rings. The molecule has 1 N–H and O–H groups in total. The number of rotatable bonds is 7. The van der Waals surface area contributed by atoms with E-state index in [0.717, 1.165) is 24.7 Å². The van der Waals surface area contributed by atoms with Crippen molar-refractivity contribution >= 4 is 35.0 Å². The molecule has 1 amide bonds. The highest BCUT2D eigenvalue weighted by atomic mass is 35.5. The van der Waals surface area contributed by atoms with Gasteiger partial charge in [0.2, 0.25) is 5.91 Å². The lowest BCUT2D eigenvalue weighted by Gasteiger charge is -2.13. The minimum Gasteiger partial charge on any atom is -0.323 e. The number of carbonyl (C=O) groups excluding carboxylic acids is 1. The molecular formula is C17H18ClFN4OS. The summed E-state index contributed by atoms with van der Waals surface area (Å²) in [4.78, 5) is 12.4. The van der Waals surface area contributed by atoms with Gasteiger partial charge in [0.15, 0.2) is 5.16 Å². The van der Waals surface area contributed by atoms with Gasteiger partial charge in [0.05, 0.1) is 10.9 Å². The number of benzene rings is 1. The van der Waals surface area contributed by atoms with Gasteiger partial charge in [-0.05, 0) is 38.0 Å². The lowest BCUT2D eigenvalue weighted by Crippen LogP contribution is -2.23. The molecule has 8 heteroatoms. The van der Waals surface area contributed by atoms with Crippen molar-refractivity contribution in [1.29, 1.82) is 0 Å². The molecule has 1 saturated carbocycles. The Morgan fingerprint density at radius 3 is 2.96 bits per heavy atom. The number of amides is 1. The average Bonchev–Trinajstić information content (AvgIpc) is 3.34. The zero-order valence-corrected chi connectivity index (χ0v) is 15.3. The molecule has 1 unspecified atom stereocenters. The monoisotopic (exact) mass is 380 g/mol. The molecule has 0 radical (unpaired) electrons. The Morgan fingerprint density at radius 2 is 2.32 bits per heavy atom. The average molecular weight is 381 g/mol. The molecule has 1 aromatic carbocycles. The van der Waals surface area contributed by atoms with Gasteiger partial charge in [-0.2, -0.15) is 0 Å². The molecule has 0 saturated heterocycles. The van der Waals surface area contributed by atoms with Gasteiger partial charge < -0.3 is 9.88 Å². The molecule has 1 fully saturated rings. The van der Waals surface area contributed by atoms with Gasteiger partial charge in [0.25, 0.3) is 0 Å². The Kier molecular flexibility index (Phi) is 5.44. The summed E-state index contributed by atoms with van der Waals surface area (Å²) < 4.78 is 15.8. The minimum atomic E-state index is -0.566. The van der Waals surface area contributed by atoms with Crippen LogP contribution in [0.15, 0.2) is 36.0 Å². The Hall–Kier alpha value is -1.86. The number of carbonyl (C=O) groups is 1. The van der Waals surface area contributed by atoms with E-state index in [-0.39, 0.29) is 16.6 Å². The zero-order chi connectivity index (χ0) is 18.0. The SMILES string of the molecule is C=CCn1c(SC(C)C(=O)Nc2ccc(Cl)cc2F)nnc1C1CC1. The molecule has 132 valence electrons. The maximum atomic E-state index is 13.8. The number of nitrogens with zero attached hydrogens (tertiary/aromatic N) is 3. The van der Waals surface area contributed by atoms with Crippen molar-refractivity contribution < 1.29 is 9.18 Å². The Labute approximate surface area is 154 Å². The van der Waals surface area contributed by atoms with Gasteiger partial charge in [0, 0.05) is 17.5 Å². The third-order valence-corrected chi connectivity index (χ3v) is 5.16. The third kappa shape index (κ3) is 4.22. The molecule has 0 spiro atoms. The smallest absolute Gasteiger partial charge is 0.237 e. The molecule has 1 aromatic heterocycles. The predicted octanol–water partition coefficient (Wildman–Crippen LogP) is 4.25. The fraction of sp³-hybridized carbons (Fsp3) is 0.353. The molecule has 0 aliphatic heterocycles. The highest BCUT2D eigenvalue weighted by Crippen LogP contribution is 2.40. The van der Waals surface area contributed by atoms with E-state index in [4.69, 9.17) is 11.6 Å². The summed E-state index contributed by atoms with van der Waals surface area (Å²) in [5.74, 6) is 0.518. The van der Waals surface area contributed by atoms with Crippen LogP contribution in [0.5, 0.6) is 0 Å². The minimum absolute atomic E-state index is 0.105. The van der Waals surface area contributed by atoms with E-state index >= 15 is 0 Å². The van der Waals surface area contributed by atoms with E-state index in [1.165, 1.54) is 23.9 Å². The number of aromatic nitrogens is 3. The first kappa shape index (κ1) is 17.9. The summed E-state index contributed by atoms with van der Waals surface area (Å²) in [7, 11) is 0. The first-order valence-electron chi connectivity index (χ1n) is 7.96. The molecule has 25 heavy (non-hydrogen) atoms. The summed E-state index contributed by atoms with van der Waals surface area (Å²) in [6, 6.07) is 4.14. The van der Waals surface area contributed by atoms with E-state index in [2.05, 4.69) is 22.1 Å². The zero-order valence-electron chi connectivity index (χ0n) is 13.7. The lowest BCUT2D eigenvalue weighted by molar-refractivity contribution is -0.115. The van der Waals surface area contributed by atoms with Crippen molar-refractivity contribution in [2.24, 2.45) is 0 Å². The molecule has 0 bridgehead atoms. The van der Waals surface area contributed by atoms with Crippen LogP contribution in [0.25, 0.3) is 0 Å². The topological polar surface area (TPSA) is 59.8 Å². The first-order valence-corrected chi connectivity index (χ1v) is 9.22. The third-order valence-electron chi connectivity index (χ3n) is 3.84. The number of hydrogen-bond acceptors (Lipinski definition) is 4. The van der Waals surface area contributed by atoms with Crippen molar-refractivity contribution in [2.75, 3.05) is 5.32 Å². The van der Waals surface area contributed by atoms with Gasteiger partial charge in [0.1, 0.15) is 11.6 Å². The molecule has 2 aromatic rings. The Bertz CT molecular complexity index is 806. The number of anilines is 1. The number of thioether (sulfide) groups is 1. The summed E-state index contributed by atoms with van der Waals surface area (Å²) in [6.07, 6.45) is 4.02. The Balaban J connectivity index is 1.70. The Morgan fingerprint density at radius 1 is 1.56 bits per heavy atom. The number of allylic oxidation sites excluding steroid dienone is 1. The van der Waals surface area contributed by atoms with Crippen LogP contribution in [-0.2, 0) is 11.3 Å². The summed E-state index contributed by atoms with van der Waals surface area (Å²) >= 11 is 7.01. The second-order valence-corrected chi connectivity index (χ2v) is 7.63. The molecular weight excluding hydrogens is 363 g/mol. The van der Waals surface area contributed by atoms with Crippen LogP contribution in [0.2, 0.25) is 5.02 Å². The highest BCUT2D eigenvalue weighted by Gasteiger charge is 2.31. The van der Waals surface area contributed by atoms with Crippen LogP contribution in [0.4, 0.5) is 10.1 Å². The van der Waals surface area contributed by atoms with Crippen molar-refractivity contribution in [1.82, 2.24) is 14.8 Å². The predicted molar refractivity (Wildman–Crippen MR) is 97.6 cm³/mol. The number of hydrogen-bond donors (Lipinski definition) is 1. The van der Waals surface area contributed by atoms with E-state index in [1.54, 1.807) is 13.0 Å². The number of halogens is 2. The molecule has 5 nitrogen and oxygen atoms in total. The van der Waals surface area contributed by atoms with Crippen LogP contribution < -0.4 is 5.32 Å². The second-order valence-electron chi connectivity index (χ2n) is 5.89. The molecule has 3 rings (SSSR count). The fourth-order valence-corrected chi connectivity index (χ4v) is 3.39. The summed E-state index contributed by atoms with van der Waals surface area (Å²) in [5, 5.41) is 11.5. The van der Waals surface area contributed by atoms with Crippen molar-refractivity contribution in [3.8, 4) is 0 Å². The van der Waals surface area contributed by atoms with Crippen LogP contribution in [0.1, 0.15) is 31.5 Å². The van der Waals surface area contributed by atoms with Gasteiger partial charge in [-0.1, -0.05) is 29.4 Å². The van der Waals surface area contributed by atoms with E-state index in [9.17, 15) is 9.18 Å². The van der Waals surface area contributed by atoms with Gasteiger partial charge in [-0.3, -0.25) is 4.79 Å². The molecule has 1 aliphatic carbocycles. The maximum absolute atomic E-state index is 13.8. The van der Waals surface area contributed by atoms with E-state index in [1.807, 2.05) is 4.57 Å². The van der Waals surface area contributed by atoms with Crippen LogP contribution in [0.3, 0.4) is 0 Å². The van der Waals surface area contributed by atoms with E-state index < -0.39 is 11.1 Å². The maximum Gasteiger partial charge on any atom is 0.237 e. The normalized spacial score (nSPS) is 15.0. The van der Waals surface area contributed by atoms with Gasteiger partial charge in [-0.25, -0.2) is 4.39 Å². The number of nitrogens with one attached hydrogen (secondary N) is 1. The second kappa shape index (κ2) is 7.58. The standard InChI is InChI=1S/C17H18ClFN4OS/c1-3-8-23-15(11-4-5-11)21-22-17(23)25-10(2)16(24)20-14-7-6-12(18)9-13(14)19/h3,6-7,9-11H,1,4-5,8H2,2H3,(H,20,24). The van der Waals surface area contributed by atoms with Crippen LogP contribution >= 0.6 is 23.4 Å². The van der Waals surface area contributed by atoms with Crippen LogP contribution in [0, 0.1) is 5.82 Å². The largest absolute Gasteiger partial charge is 0.323 e. The van der Waals surface area contributed by atoms with Crippen LogP contribution in [-0.4, -0.2) is 25.9 Å². The summed E-state index contributed by atoms with van der Waals surface area (Å²) in [5.41, 5.74) is 0.105. The molecule has 1 atom stereocenters. The quantitative estimate of drug-likeness (QED) is 0.576. The van der Waals surface area contributed by atoms with Crippen molar-refractivity contribution in [3.05, 3.63) is 47.5 Å². The highest BCUT2D eigenvalue weighted by molar-refractivity contribution is 8.00. The van der Waals surface area contributed by atoms with Gasteiger partial charge >= 0.3 is 0 Å².